The molecule has 0 aliphatic rings. The van der Waals surface area contributed by atoms with E-state index in [2.05, 4.69) is 264 Å². The summed E-state index contributed by atoms with van der Waals surface area (Å²) >= 11 is 0. The van der Waals surface area contributed by atoms with Crippen molar-refractivity contribution in [3.63, 3.8) is 0 Å². The van der Waals surface area contributed by atoms with E-state index in [9.17, 15) is 0 Å². The highest BCUT2D eigenvalue weighted by atomic mass is 16.3. The maximum atomic E-state index is 6.95. The zero-order valence-corrected chi connectivity index (χ0v) is 52.1. The number of nitrogens with zero attached hydrogens (tertiary/aromatic N) is 8. The summed E-state index contributed by atoms with van der Waals surface area (Å²) in [5.41, 5.74) is 14.8. The van der Waals surface area contributed by atoms with Gasteiger partial charge in [-0.25, -0.2) is 9.97 Å². The molecule has 0 spiro atoms. The molecule has 0 N–H and O–H groups in total. The summed E-state index contributed by atoms with van der Waals surface area (Å²) in [6.45, 7) is 0. The number of benzene rings is 14. The average Bonchev–Trinajstić information content (AvgIpc) is 1.53. The van der Waals surface area contributed by atoms with Crippen molar-refractivity contribution in [2.75, 3.05) is 0 Å². The van der Waals surface area contributed by atoms with Crippen LogP contribution in [0.5, 0.6) is 0 Å². The van der Waals surface area contributed by atoms with Crippen LogP contribution in [0.15, 0.2) is 300 Å². The molecule has 16 aromatic carbocycles. The molecule has 10 heteroatoms. The average molecular weight is 1250 g/mol. The first-order chi connectivity index (χ1) is 48.6. The molecule has 0 aliphatic carbocycles. The summed E-state index contributed by atoms with van der Waals surface area (Å²) in [6, 6.07) is 103. The van der Waals surface area contributed by atoms with E-state index in [4.69, 9.17) is 38.7 Å². The number of furan rings is 2. The lowest BCUT2D eigenvalue weighted by Gasteiger charge is -2.14. The monoisotopic (exact) mass is 1250 g/mol. The molecule has 0 unspecified atom stereocenters. The molecule has 0 saturated carbocycles. The van der Waals surface area contributed by atoms with E-state index in [0.29, 0.717) is 35.2 Å². The van der Waals surface area contributed by atoms with Crippen molar-refractivity contribution in [1.29, 1.82) is 0 Å². The van der Waals surface area contributed by atoms with Crippen molar-refractivity contribution in [3.05, 3.63) is 291 Å². The van der Waals surface area contributed by atoms with Crippen LogP contribution in [0.3, 0.4) is 0 Å². The number of fused-ring (bicyclic) bond motifs is 7. The number of hydrogen-bond donors (Lipinski definition) is 0. The van der Waals surface area contributed by atoms with E-state index >= 15 is 0 Å². The molecule has 0 saturated heterocycles. The van der Waals surface area contributed by atoms with Crippen molar-refractivity contribution < 1.29 is 8.83 Å². The van der Waals surface area contributed by atoms with Crippen molar-refractivity contribution in [3.8, 4) is 79.7 Å². The molecule has 0 fully saturated rings. The van der Waals surface area contributed by atoms with Gasteiger partial charge in [0.2, 0.25) is 11.9 Å². The summed E-state index contributed by atoms with van der Waals surface area (Å²) in [4.78, 5) is 32.6. The van der Waals surface area contributed by atoms with Gasteiger partial charge >= 0.3 is 0 Å². The van der Waals surface area contributed by atoms with Gasteiger partial charge in [0, 0.05) is 65.3 Å². The largest absolute Gasteiger partial charge is 0.456 e. The highest BCUT2D eigenvalue weighted by Gasteiger charge is 2.28. The summed E-state index contributed by atoms with van der Waals surface area (Å²) < 4.78 is 18.2. The Balaban J connectivity index is 0.782. The Morgan fingerprint density at radius 3 is 1.15 bits per heavy atom. The minimum absolute atomic E-state index is 0.507. The Morgan fingerprint density at radius 1 is 0.194 bits per heavy atom. The van der Waals surface area contributed by atoms with Crippen LogP contribution in [-0.4, -0.2) is 39.0 Å². The number of hydrogen-bond acceptors (Lipinski definition) is 8. The lowest BCUT2D eigenvalue weighted by Crippen LogP contribution is -2.06. The molecule has 452 valence electrons. The quantitative estimate of drug-likeness (QED) is 0.148. The van der Waals surface area contributed by atoms with Crippen molar-refractivity contribution in [2.45, 2.75) is 0 Å². The molecule has 6 aromatic heterocycles. The summed E-state index contributed by atoms with van der Waals surface area (Å²) in [5, 5.41) is 19.9. The van der Waals surface area contributed by atoms with Gasteiger partial charge in [0.25, 0.3) is 0 Å². The number of rotatable bonds is 8. The summed E-state index contributed by atoms with van der Waals surface area (Å²) in [6.07, 6.45) is 0. The third kappa shape index (κ3) is 7.61. The zero-order chi connectivity index (χ0) is 63.8. The van der Waals surface area contributed by atoms with Gasteiger partial charge in [-0.15, -0.1) is 0 Å². The van der Waals surface area contributed by atoms with E-state index in [0.717, 1.165) is 186 Å². The minimum atomic E-state index is 0.507. The maximum absolute atomic E-state index is 6.95. The highest BCUT2D eigenvalue weighted by molar-refractivity contribution is 6.40. The molecule has 0 atom stereocenters. The van der Waals surface area contributed by atoms with Gasteiger partial charge in [-0.05, 0) is 155 Å². The fraction of sp³-hybridized carbons (Fsp3) is 0. The van der Waals surface area contributed by atoms with Gasteiger partial charge in [-0.2, -0.15) is 19.9 Å². The van der Waals surface area contributed by atoms with Gasteiger partial charge in [0.15, 0.2) is 23.3 Å². The second kappa shape index (κ2) is 20.0. The van der Waals surface area contributed by atoms with Gasteiger partial charge in [-0.1, -0.05) is 212 Å². The maximum Gasteiger partial charge on any atom is 0.238 e. The first-order valence-corrected chi connectivity index (χ1v) is 33.0. The van der Waals surface area contributed by atoms with E-state index in [1.54, 1.807) is 0 Å². The third-order valence-electron chi connectivity index (χ3n) is 20.3. The van der Waals surface area contributed by atoms with E-state index < -0.39 is 0 Å². The number of aromatic nitrogens is 8. The fourth-order valence-corrected chi connectivity index (χ4v) is 16.0. The van der Waals surface area contributed by atoms with Gasteiger partial charge in [0.05, 0.1) is 22.1 Å². The molecule has 10 nitrogen and oxygen atoms in total. The Labute approximate surface area is 556 Å². The molecule has 0 aliphatic heterocycles. The zero-order valence-electron chi connectivity index (χ0n) is 52.1. The Morgan fingerprint density at radius 2 is 0.592 bits per heavy atom. The van der Waals surface area contributed by atoms with E-state index in [-0.39, 0.29) is 0 Å². The van der Waals surface area contributed by atoms with Crippen molar-refractivity contribution >= 4 is 141 Å². The molecule has 22 rings (SSSR count). The van der Waals surface area contributed by atoms with Crippen LogP contribution in [0.4, 0.5) is 0 Å². The van der Waals surface area contributed by atoms with Crippen LogP contribution in [0, 0.1) is 0 Å². The second-order valence-electron chi connectivity index (χ2n) is 25.6. The SMILES string of the molecule is c1ccc(-c2cc(-c3ccc4c(c3)c3cccc5oc6ccc7c(c6c53)c3c4cccc3n7-c3nc(-c4ccccc4)nc(-c4ccc5ccccc5c4)n3)cc(-c3nc(-c4ccccc4)nc(-n4c5cccc6c7ccccc7c7cccc8oc9ccc4c(c9c87)c65)n3)c2)cc1. The normalized spacial score (nSPS) is 12.3. The predicted octanol–water partition coefficient (Wildman–Crippen LogP) is 22.7. The molecule has 0 radical (unpaired) electrons. The van der Waals surface area contributed by atoms with E-state index in [1.807, 2.05) is 36.4 Å². The molecule has 0 bridgehead atoms. The molecular formula is C88H48N8O2. The predicted molar refractivity (Wildman–Crippen MR) is 399 cm³/mol. The first-order valence-electron chi connectivity index (χ1n) is 33.0. The highest BCUT2D eigenvalue weighted by Crippen LogP contribution is 2.50. The standard InChI is InChI=1S/C88H48N8O2/c1-4-18-49(19-5-1)56-45-57(47-58(46-56)86-90-84(52-23-8-3-9-24-52)92-88(94-86)96-67-32-14-28-62-59-26-12-13-27-60(59)64-30-16-34-71-77(64)81-73(97-71)42-40-69(96)79(81)75(62)67)54-38-39-61-63-29-15-33-68-76(63)80-70(41-43-74-82(80)78-65(66(61)48-54)31-17-35-72(78)98-74)95(68)87-91-83(51-21-6-2-7-22-51)89-85(93-87)55-37-36-50-20-10-11-25-53(50)44-55/h1-48H. The molecule has 98 heavy (non-hydrogen) atoms. The minimum Gasteiger partial charge on any atom is -0.456 e. The smallest absolute Gasteiger partial charge is 0.238 e. The van der Waals surface area contributed by atoms with Gasteiger partial charge in [-0.3, -0.25) is 9.13 Å². The van der Waals surface area contributed by atoms with Crippen LogP contribution in [0.2, 0.25) is 0 Å². The van der Waals surface area contributed by atoms with E-state index in [1.165, 1.54) is 0 Å². The van der Waals surface area contributed by atoms with Crippen LogP contribution in [0.1, 0.15) is 0 Å². The van der Waals surface area contributed by atoms with Crippen molar-refractivity contribution in [1.82, 2.24) is 39.0 Å². The van der Waals surface area contributed by atoms with Crippen LogP contribution < -0.4 is 0 Å². The lowest BCUT2D eigenvalue weighted by atomic mass is 9.91. The first kappa shape index (κ1) is 53.0. The molecule has 22 aromatic rings. The second-order valence-corrected chi connectivity index (χ2v) is 25.6. The molecule has 6 heterocycles. The Bertz CT molecular complexity index is 7110. The van der Waals surface area contributed by atoms with Crippen molar-refractivity contribution in [2.24, 2.45) is 0 Å². The molecule has 0 amide bonds. The van der Waals surface area contributed by atoms with Crippen LogP contribution in [0.25, 0.3) is 221 Å². The Kier molecular flexibility index (Phi) is 10.8. The van der Waals surface area contributed by atoms with Gasteiger partial charge in [0.1, 0.15) is 22.3 Å². The lowest BCUT2D eigenvalue weighted by molar-refractivity contribution is 0.669. The molecular weight excluding hydrogens is 1200 g/mol. The Hall–Kier alpha value is -13.4. The fourth-order valence-electron chi connectivity index (χ4n) is 16.0. The van der Waals surface area contributed by atoms with Crippen LogP contribution >= 0.6 is 0 Å². The van der Waals surface area contributed by atoms with Crippen LogP contribution in [-0.2, 0) is 0 Å². The van der Waals surface area contributed by atoms with Gasteiger partial charge < -0.3 is 8.83 Å². The summed E-state index contributed by atoms with van der Waals surface area (Å²) in [7, 11) is 0. The summed E-state index contributed by atoms with van der Waals surface area (Å²) in [5.74, 6) is 3.31. The third-order valence-corrected chi connectivity index (χ3v) is 20.3. The topological polar surface area (TPSA) is 113 Å².